The van der Waals surface area contributed by atoms with Crippen molar-refractivity contribution in [2.24, 2.45) is 0 Å². The number of anilines is 1. The number of carboxylic acids is 1. The van der Waals surface area contributed by atoms with E-state index in [0.29, 0.717) is 12.2 Å². The number of aromatic carboxylic acids is 1. The standard InChI is InChI=1S/C11H9ClN2O3S/c12-9-3-6(1-2-8(9)10(15)16)13-4-7-5-18-11(17)14-7/h1-3,5,13H,4H2,(H,14,17)(H,15,16). The van der Waals surface area contributed by atoms with Gasteiger partial charge in [-0.15, -0.1) is 0 Å². The molecule has 0 amide bonds. The number of rotatable bonds is 4. The highest BCUT2D eigenvalue weighted by molar-refractivity contribution is 7.07. The molecule has 94 valence electrons. The van der Waals surface area contributed by atoms with E-state index in [1.54, 1.807) is 11.4 Å². The first-order valence-corrected chi connectivity index (χ1v) is 6.25. The van der Waals surface area contributed by atoms with Crippen LogP contribution < -0.4 is 10.2 Å². The van der Waals surface area contributed by atoms with E-state index in [-0.39, 0.29) is 15.5 Å². The number of aromatic amines is 1. The van der Waals surface area contributed by atoms with Gasteiger partial charge in [-0.05, 0) is 18.2 Å². The fourth-order valence-corrected chi connectivity index (χ4v) is 2.24. The van der Waals surface area contributed by atoms with Gasteiger partial charge >= 0.3 is 10.8 Å². The average molecular weight is 285 g/mol. The van der Waals surface area contributed by atoms with E-state index in [1.807, 2.05) is 0 Å². The molecule has 0 unspecified atom stereocenters. The van der Waals surface area contributed by atoms with Crippen LogP contribution in [0.3, 0.4) is 0 Å². The highest BCUT2D eigenvalue weighted by atomic mass is 35.5. The van der Waals surface area contributed by atoms with Crippen LogP contribution in [0.15, 0.2) is 28.4 Å². The number of nitrogens with one attached hydrogen (secondary N) is 2. The second-order valence-electron chi connectivity index (χ2n) is 3.53. The van der Waals surface area contributed by atoms with Crippen LogP contribution in [0.5, 0.6) is 0 Å². The molecule has 0 aliphatic rings. The van der Waals surface area contributed by atoms with Crippen molar-refractivity contribution in [3.05, 3.63) is 49.5 Å². The number of hydrogen-bond donors (Lipinski definition) is 3. The van der Waals surface area contributed by atoms with Crippen LogP contribution in [0.2, 0.25) is 5.02 Å². The number of hydrogen-bond acceptors (Lipinski definition) is 4. The van der Waals surface area contributed by atoms with Crippen molar-refractivity contribution >= 4 is 34.6 Å². The fourth-order valence-electron chi connectivity index (χ4n) is 1.40. The van der Waals surface area contributed by atoms with Gasteiger partial charge in [-0.25, -0.2) is 4.79 Å². The highest BCUT2D eigenvalue weighted by Gasteiger charge is 2.08. The normalized spacial score (nSPS) is 10.3. The number of aromatic nitrogens is 1. The molecule has 1 aromatic carbocycles. The molecular weight excluding hydrogens is 276 g/mol. The first-order chi connectivity index (χ1) is 8.56. The van der Waals surface area contributed by atoms with Crippen molar-refractivity contribution in [3.8, 4) is 0 Å². The van der Waals surface area contributed by atoms with Crippen LogP contribution in [0.1, 0.15) is 16.1 Å². The molecule has 2 aromatic rings. The zero-order valence-corrected chi connectivity index (χ0v) is 10.6. The Morgan fingerprint density at radius 1 is 1.50 bits per heavy atom. The van der Waals surface area contributed by atoms with Crippen LogP contribution in [0.4, 0.5) is 5.69 Å². The fraction of sp³-hybridized carbons (Fsp3) is 0.0909. The Kier molecular flexibility index (Phi) is 3.69. The number of thiazole rings is 1. The third kappa shape index (κ3) is 2.91. The minimum Gasteiger partial charge on any atom is -0.478 e. The molecule has 1 aromatic heterocycles. The van der Waals surface area contributed by atoms with Crippen LogP contribution in [-0.4, -0.2) is 16.1 Å². The lowest BCUT2D eigenvalue weighted by atomic mass is 10.2. The molecule has 7 heteroatoms. The van der Waals surface area contributed by atoms with Gasteiger partial charge in [-0.3, -0.25) is 4.79 Å². The van der Waals surface area contributed by atoms with Crippen molar-refractivity contribution in [2.45, 2.75) is 6.54 Å². The lowest BCUT2D eigenvalue weighted by molar-refractivity contribution is 0.0697. The monoisotopic (exact) mass is 284 g/mol. The van der Waals surface area contributed by atoms with Gasteiger partial charge in [0.05, 0.1) is 17.1 Å². The summed E-state index contributed by atoms with van der Waals surface area (Å²) >= 11 is 6.93. The summed E-state index contributed by atoms with van der Waals surface area (Å²) in [6.07, 6.45) is 0. The molecule has 0 bridgehead atoms. The van der Waals surface area contributed by atoms with Crippen LogP contribution in [0.25, 0.3) is 0 Å². The van der Waals surface area contributed by atoms with Gasteiger partial charge < -0.3 is 15.4 Å². The summed E-state index contributed by atoms with van der Waals surface area (Å²) in [5.41, 5.74) is 1.52. The van der Waals surface area contributed by atoms with E-state index in [4.69, 9.17) is 16.7 Å². The smallest absolute Gasteiger partial charge is 0.337 e. The maximum absolute atomic E-state index is 10.9. The van der Waals surface area contributed by atoms with E-state index in [2.05, 4.69) is 10.3 Å². The molecule has 0 atom stereocenters. The molecule has 0 fully saturated rings. The van der Waals surface area contributed by atoms with Gasteiger partial charge in [0.2, 0.25) is 0 Å². The maximum atomic E-state index is 10.9. The van der Waals surface area contributed by atoms with E-state index in [0.717, 1.165) is 17.0 Å². The minimum atomic E-state index is -1.06. The predicted molar refractivity (Wildman–Crippen MR) is 70.7 cm³/mol. The summed E-state index contributed by atoms with van der Waals surface area (Å²) in [6, 6.07) is 4.60. The lowest BCUT2D eigenvalue weighted by Crippen LogP contribution is -2.04. The van der Waals surface area contributed by atoms with Crippen molar-refractivity contribution in [2.75, 3.05) is 5.32 Å². The van der Waals surface area contributed by atoms with E-state index in [1.165, 1.54) is 12.1 Å². The molecule has 0 saturated carbocycles. The summed E-state index contributed by atoms with van der Waals surface area (Å²) in [7, 11) is 0. The predicted octanol–water partition coefficient (Wildman–Crippen LogP) is 2.40. The molecule has 2 rings (SSSR count). The molecule has 0 aliphatic carbocycles. The van der Waals surface area contributed by atoms with Crippen LogP contribution >= 0.6 is 22.9 Å². The summed E-state index contributed by atoms with van der Waals surface area (Å²) in [6.45, 7) is 0.446. The Morgan fingerprint density at radius 3 is 2.83 bits per heavy atom. The quantitative estimate of drug-likeness (QED) is 0.805. The molecule has 0 radical (unpaired) electrons. The molecule has 0 aliphatic heterocycles. The summed E-state index contributed by atoms with van der Waals surface area (Å²) in [4.78, 5) is 24.3. The van der Waals surface area contributed by atoms with Crippen LogP contribution in [-0.2, 0) is 6.54 Å². The first kappa shape index (κ1) is 12.7. The second-order valence-corrected chi connectivity index (χ2v) is 4.78. The topological polar surface area (TPSA) is 82.2 Å². The molecular formula is C11H9ClN2O3S. The molecule has 1 heterocycles. The molecule has 0 spiro atoms. The zero-order valence-electron chi connectivity index (χ0n) is 9.07. The van der Waals surface area contributed by atoms with Gasteiger partial charge in [0, 0.05) is 16.8 Å². The highest BCUT2D eigenvalue weighted by Crippen LogP contribution is 2.21. The summed E-state index contributed by atoms with van der Waals surface area (Å²) in [5.74, 6) is -1.06. The van der Waals surface area contributed by atoms with Crippen molar-refractivity contribution in [1.29, 1.82) is 0 Å². The Morgan fingerprint density at radius 2 is 2.28 bits per heavy atom. The van der Waals surface area contributed by atoms with Gasteiger partial charge in [-0.2, -0.15) is 0 Å². The van der Waals surface area contributed by atoms with E-state index in [9.17, 15) is 9.59 Å². The number of carboxylic acid groups (broad SMARTS) is 1. The first-order valence-electron chi connectivity index (χ1n) is 4.99. The minimum absolute atomic E-state index is 0.0613. The van der Waals surface area contributed by atoms with Crippen molar-refractivity contribution in [1.82, 2.24) is 4.98 Å². The summed E-state index contributed by atoms with van der Waals surface area (Å²) in [5, 5.41) is 13.8. The summed E-state index contributed by atoms with van der Waals surface area (Å²) < 4.78 is 0. The average Bonchev–Trinajstić information content (AvgIpc) is 2.72. The van der Waals surface area contributed by atoms with Crippen molar-refractivity contribution in [3.63, 3.8) is 0 Å². The molecule has 3 N–H and O–H groups in total. The van der Waals surface area contributed by atoms with Gasteiger partial charge in [0.1, 0.15) is 0 Å². The number of H-pyrrole nitrogens is 1. The second kappa shape index (κ2) is 5.24. The van der Waals surface area contributed by atoms with Crippen molar-refractivity contribution < 1.29 is 9.90 Å². The Labute approximate surface area is 111 Å². The lowest BCUT2D eigenvalue weighted by Gasteiger charge is -2.06. The molecule has 18 heavy (non-hydrogen) atoms. The number of benzene rings is 1. The van der Waals surface area contributed by atoms with Gasteiger partial charge in [0.25, 0.3) is 0 Å². The molecule has 0 saturated heterocycles. The van der Waals surface area contributed by atoms with Gasteiger partial charge in [0.15, 0.2) is 0 Å². The zero-order chi connectivity index (χ0) is 13.1. The number of carbonyl (C=O) groups is 1. The van der Waals surface area contributed by atoms with E-state index >= 15 is 0 Å². The Bertz CT molecular complexity index is 635. The Hall–Kier alpha value is -1.79. The SMILES string of the molecule is O=C(O)c1ccc(NCc2csc(=O)[nH]2)cc1Cl. The third-order valence-corrected chi connectivity index (χ3v) is 3.28. The number of halogens is 1. The third-order valence-electron chi connectivity index (χ3n) is 2.25. The molecule has 5 nitrogen and oxygen atoms in total. The van der Waals surface area contributed by atoms with E-state index < -0.39 is 5.97 Å². The Balaban J connectivity index is 2.08. The largest absolute Gasteiger partial charge is 0.478 e. The van der Waals surface area contributed by atoms with Gasteiger partial charge in [-0.1, -0.05) is 22.9 Å². The van der Waals surface area contributed by atoms with Crippen LogP contribution in [0, 0.1) is 0 Å². The maximum Gasteiger partial charge on any atom is 0.337 e.